The lowest BCUT2D eigenvalue weighted by molar-refractivity contribution is -0.119. The molecule has 4 rings (SSSR count). The molecule has 28 heavy (non-hydrogen) atoms. The maximum absolute atomic E-state index is 13.2. The van der Waals surface area contributed by atoms with Gasteiger partial charge in [-0.15, -0.1) is 5.10 Å². The number of benzene rings is 1. The molecule has 10 nitrogen and oxygen atoms in total. The number of nitrogens with zero attached hydrogens (tertiary/aromatic N) is 5. The summed E-state index contributed by atoms with van der Waals surface area (Å²) in [5.74, 6) is 0.0462. The van der Waals surface area contributed by atoms with Crippen molar-refractivity contribution in [2.75, 3.05) is 5.32 Å². The second-order valence-corrected chi connectivity index (χ2v) is 6.19. The van der Waals surface area contributed by atoms with E-state index in [-0.39, 0.29) is 17.8 Å². The summed E-state index contributed by atoms with van der Waals surface area (Å²) in [5, 5.41) is 21.3. The molecule has 0 aliphatic carbocycles. The molecule has 0 bridgehead atoms. The Labute approximate surface area is 156 Å². The van der Waals surface area contributed by atoms with Crippen LogP contribution in [0.15, 0.2) is 41.2 Å². The van der Waals surface area contributed by atoms with Crippen LogP contribution in [0.1, 0.15) is 17.4 Å². The van der Waals surface area contributed by atoms with Crippen molar-refractivity contribution in [1.82, 2.24) is 35.4 Å². The molecule has 0 fully saturated rings. The maximum Gasteiger partial charge on any atom is 0.250 e. The van der Waals surface area contributed by atoms with Crippen LogP contribution < -0.4 is 10.9 Å². The summed E-state index contributed by atoms with van der Waals surface area (Å²) in [5.41, 5.74) is 0.780. The summed E-state index contributed by atoms with van der Waals surface area (Å²) >= 11 is 0. The van der Waals surface area contributed by atoms with Crippen LogP contribution in [0.5, 0.6) is 0 Å². The molecule has 11 heteroatoms. The van der Waals surface area contributed by atoms with Crippen molar-refractivity contribution in [3.8, 4) is 0 Å². The number of tetrazole rings is 1. The molecule has 0 saturated carbocycles. The molecule has 0 radical (unpaired) electrons. The third-order valence-electron chi connectivity index (χ3n) is 4.29. The third-order valence-corrected chi connectivity index (χ3v) is 4.29. The lowest BCUT2D eigenvalue weighted by Gasteiger charge is -2.17. The maximum atomic E-state index is 13.2. The number of carbonyl (C=O) groups excluding carboxylic acids is 1. The number of halogens is 1. The summed E-state index contributed by atoms with van der Waals surface area (Å²) in [7, 11) is 0. The van der Waals surface area contributed by atoms with E-state index in [1.54, 1.807) is 25.1 Å². The lowest BCUT2D eigenvalue weighted by Crippen LogP contribution is -2.29. The molecule has 4 aromatic rings. The molecule has 142 valence electrons. The quantitative estimate of drug-likeness (QED) is 0.473. The van der Waals surface area contributed by atoms with Gasteiger partial charge in [0.15, 0.2) is 5.65 Å². The van der Waals surface area contributed by atoms with Crippen LogP contribution in [-0.2, 0) is 11.2 Å². The second kappa shape index (κ2) is 7.02. The zero-order valence-electron chi connectivity index (χ0n) is 14.7. The Kier molecular flexibility index (Phi) is 4.39. The van der Waals surface area contributed by atoms with Gasteiger partial charge >= 0.3 is 0 Å². The lowest BCUT2D eigenvalue weighted by atomic mass is 10.1. The minimum absolute atomic E-state index is 0.251. The smallest absolute Gasteiger partial charge is 0.250 e. The molecular formula is C17H15FN8O2. The van der Waals surface area contributed by atoms with Crippen molar-refractivity contribution in [3.05, 3.63) is 64.0 Å². The summed E-state index contributed by atoms with van der Waals surface area (Å²) < 4.78 is 14.6. The van der Waals surface area contributed by atoms with Gasteiger partial charge in [-0.2, -0.15) is 5.10 Å². The predicted molar refractivity (Wildman–Crippen MR) is 97.0 cm³/mol. The first-order valence-corrected chi connectivity index (χ1v) is 8.38. The highest BCUT2D eigenvalue weighted by Crippen LogP contribution is 2.21. The highest BCUT2D eigenvalue weighted by Gasteiger charge is 2.25. The molecule has 3 aromatic heterocycles. The number of nitrogens with one attached hydrogen (secondary N) is 3. The fourth-order valence-electron chi connectivity index (χ4n) is 2.89. The number of anilines is 1. The number of H-pyrrole nitrogens is 2. The van der Waals surface area contributed by atoms with Crippen LogP contribution >= 0.6 is 0 Å². The molecule has 1 amide bonds. The number of aromatic nitrogens is 7. The van der Waals surface area contributed by atoms with Gasteiger partial charge in [0.25, 0.3) is 5.91 Å². The van der Waals surface area contributed by atoms with E-state index >= 15 is 0 Å². The van der Waals surface area contributed by atoms with Gasteiger partial charge in [-0.1, -0.05) is 12.1 Å². The highest BCUT2D eigenvalue weighted by molar-refractivity contribution is 6.00. The van der Waals surface area contributed by atoms with Gasteiger partial charge in [-0.25, -0.2) is 9.07 Å². The van der Waals surface area contributed by atoms with Crippen LogP contribution in [0.3, 0.4) is 0 Å². The van der Waals surface area contributed by atoms with Crippen LogP contribution in [0.25, 0.3) is 11.0 Å². The first-order valence-electron chi connectivity index (χ1n) is 8.38. The number of pyridine rings is 1. The van der Waals surface area contributed by atoms with Crippen molar-refractivity contribution < 1.29 is 9.18 Å². The summed E-state index contributed by atoms with van der Waals surface area (Å²) in [6, 6.07) is 7.99. The Morgan fingerprint density at radius 2 is 2.04 bits per heavy atom. The largest absolute Gasteiger partial charge is 0.309 e. The number of carbonyl (C=O) groups is 1. The average Bonchev–Trinajstić information content (AvgIpc) is 3.27. The van der Waals surface area contributed by atoms with Gasteiger partial charge in [0.05, 0.1) is 5.39 Å². The van der Waals surface area contributed by atoms with Gasteiger partial charge in [-0.3, -0.25) is 14.7 Å². The van der Waals surface area contributed by atoms with Crippen LogP contribution in [0, 0.1) is 12.7 Å². The van der Waals surface area contributed by atoms with E-state index in [0.29, 0.717) is 22.7 Å². The normalized spacial score (nSPS) is 12.2. The number of aryl methyl sites for hydroxylation is 1. The molecule has 0 spiro atoms. The molecule has 1 aromatic carbocycles. The minimum atomic E-state index is -0.776. The van der Waals surface area contributed by atoms with Gasteiger partial charge in [-0.05, 0) is 41.1 Å². The third kappa shape index (κ3) is 3.37. The SMILES string of the molecule is Cc1nnnn1C(Cc1ccc(F)cc1)C(=O)Nc1[nH]nc2[nH]c(=O)ccc12. The molecule has 0 aliphatic rings. The van der Waals surface area contributed by atoms with Crippen molar-refractivity contribution >= 4 is 22.8 Å². The van der Waals surface area contributed by atoms with Crippen molar-refractivity contribution in [2.24, 2.45) is 0 Å². The van der Waals surface area contributed by atoms with Crippen LogP contribution in [0.4, 0.5) is 10.2 Å². The Morgan fingerprint density at radius 3 is 2.75 bits per heavy atom. The molecular weight excluding hydrogens is 367 g/mol. The Bertz CT molecular complexity index is 1190. The predicted octanol–water partition coefficient (Wildman–Crippen LogP) is 1.11. The van der Waals surface area contributed by atoms with E-state index in [1.807, 2.05) is 0 Å². The Morgan fingerprint density at radius 1 is 1.25 bits per heavy atom. The average molecular weight is 382 g/mol. The van der Waals surface area contributed by atoms with Crippen molar-refractivity contribution in [3.63, 3.8) is 0 Å². The topological polar surface area (TPSA) is 134 Å². The van der Waals surface area contributed by atoms with Crippen LogP contribution in [0.2, 0.25) is 0 Å². The molecule has 0 saturated heterocycles. The second-order valence-electron chi connectivity index (χ2n) is 6.19. The molecule has 1 unspecified atom stereocenters. The fourth-order valence-corrected chi connectivity index (χ4v) is 2.89. The number of aromatic amines is 2. The number of rotatable bonds is 5. The van der Waals surface area contributed by atoms with E-state index in [9.17, 15) is 14.0 Å². The van der Waals surface area contributed by atoms with E-state index in [0.717, 1.165) is 5.56 Å². The zero-order valence-corrected chi connectivity index (χ0v) is 14.7. The minimum Gasteiger partial charge on any atom is -0.309 e. The summed E-state index contributed by atoms with van der Waals surface area (Å²) in [6.45, 7) is 1.68. The van der Waals surface area contributed by atoms with E-state index in [1.165, 1.54) is 22.9 Å². The summed E-state index contributed by atoms with van der Waals surface area (Å²) in [6.07, 6.45) is 0.251. The molecule has 3 heterocycles. The highest BCUT2D eigenvalue weighted by atomic mass is 19.1. The van der Waals surface area contributed by atoms with Crippen molar-refractivity contribution in [2.45, 2.75) is 19.4 Å². The Hall–Kier alpha value is -3.89. The number of fused-ring (bicyclic) bond motifs is 1. The van der Waals surface area contributed by atoms with Gasteiger partial charge in [0, 0.05) is 12.5 Å². The first-order chi connectivity index (χ1) is 13.5. The summed E-state index contributed by atoms with van der Waals surface area (Å²) in [4.78, 5) is 27.0. The number of amides is 1. The van der Waals surface area contributed by atoms with Crippen LogP contribution in [-0.4, -0.2) is 41.3 Å². The van der Waals surface area contributed by atoms with Gasteiger partial charge < -0.3 is 10.3 Å². The molecule has 3 N–H and O–H groups in total. The Balaban J connectivity index is 1.65. The standard InChI is InChI=1S/C17H15FN8O2/c1-9-21-24-25-26(9)13(8-10-2-4-11(18)5-3-10)17(28)20-16-12-6-7-14(27)19-15(12)22-23-16/h2-7,13H,8H2,1H3,(H3,19,20,22,23,27,28). The molecule has 0 aliphatic heterocycles. The van der Waals surface area contributed by atoms with Gasteiger partial charge in [0.1, 0.15) is 23.5 Å². The van der Waals surface area contributed by atoms with E-state index in [2.05, 4.69) is 36.0 Å². The number of hydrogen-bond acceptors (Lipinski definition) is 6. The van der Waals surface area contributed by atoms with Gasteiger partial charge in [0.2, 0.25) is 5.56 Å². The number of hydrogen-bond donors (Lipinski definition) is 3. The molecule has 1 atom stereocenters. The van der Waals surface area contributed by atoms with Crippen molar-refractivity contribution in [1.29, 1.82) is 0 Å². The monoisotopic (exact) mass is 382 g/mol. The van der Waals surface area contributed by atoms with E-state index < -0.39 is 11.9 Å². The fraction of sp³-hybridized carbons (Fsp3) is 0.176. The van der Waals surface area contributed by atoms with E-state index in [4.69, 9.17) is 0 Å². The first kappa shape index (κ1) is 17.5. The zero-order chi connectivity index (χ0) is 19.7.